The maximum atomic E-state index is 13.5. The van der Waals surface area contributed by atoms with Crippen molar-refractivity contribution in [3.05, 3.63) is 53.8 Å². The predicted octanol–water partition coefficient (Wildman–Crippen LogP) is 2.57. The summed E-state index contributed by atoms with van der Waals surface area (Å²) in [7, 11) is -1.08. The summed E-state index contributed by atoms with van der Waals surface area (Å²) in [5.74, 6) is -1.11. The van der Waals surface area contributed by atoms with E-state index < -0.39 is 21.9 Å². The minimum absolute atomic E-state index is 0.128. The zero-order valence-electron chi connectivity index (χ0n) is 18.7. The van der Waals surface area contributed by atoms with Crippen molar-refractivity contribution < 1.29 is 36.6 Å². The lowest BCUT2D eigenvalue weighted by Crippen LogP contribution is -2.53. The van der Waals surface area contributed by atoms with Crippen LogP contribution in [0.25, 0.3) is 0 Å². The van der Waals surface area contributed by atoms with Crippen LogP contribution in [0.5, 0.6) is 5.75 Å². The molecule has 2 aromatic carbocycles. The van der Waals surface area contributed by atoms with Crippen LogP contribution in [0.3, 0.4) is 0 Å². The van der Waals surface area contributed by atoms with Gasteiger partial charge in [-0.25, -0.2) is 12.8 Å². The third-order valence-electron chi connectivity index (χ3n) is 5.99. The summed E-state index contributed by atoms with van der Waals surface area (Å²) in [5, 5.41) is 0. The van der Waals surface area contributed by atoms with Gasteiger partial charge in [-0.15, -0.1) is 0 Å². The molecule has 11 heteroatoms. The first-order chi connectivity index (χ1) is 16.2. The molecule has 182 valence electrons. The molecule has 2 aromatic rings. The molecule has 2 heterocycles. The van der Waals surface area contributed by atoms with E-state index in [9.17, 15) is 22.4 Å². The van der Waals surface area contributed by atoms with Gasteiger partial charge in [-0.05, 0) is 49.2 Å². The summed E-state index contributed by atoms with van der Waals surface area (Å²) in [6.45, 7) is 0.154. The van der Waals surface area contributed by atoms with Gasteiger partial charge in [0, 0.05) is 12.7 Å². The topological polar surface area (TPSA) is 111 Å². The molecule has 0 aromatic heterocycles. The smallest absolute Gasteiger partial charge is 0.308 e. The van der Waals surface area contributed by atoms with E-state index in [2.05, 4.69) is 4.72 Å². The number of carbonyl (C=O) groups excluding carboxylic acids is 2. The SMILES string of the molecule is COC(=O)C[C@H]1CC[C@@H]2[C@@H](COc3ccc(NS(=O)(=O)c4cccc(F)c4)cc3C(=O)N2C)O1. The van der Waals surface area contributed by atoms with E-state index in [4.69, 9.17) is 14.2 Å². The van der Waals surface area contributed by atoms with Gasteiger partial charge in [0.2, 0.25) is 0 Å². The number of sulfonamides is 1. The molecule has 9 nitrogen and oxygen atoms in total. The van der Waals surface area contributed by atoms with Crippen molar-refractivity contribution in [3.8, 4) is 5.75 Å². The lowest BCUT2D eigenvalue weighted by molar-refractivity contribution is -0.151. The van der Waals surface area contributed by atoms with Crippen molar-refractivity contribution in [1.82, 2.24) is 4.90 Å². The van der Waals surface area contributed by atoms with E-state index in [0.29, 0.717) is 12.8 Å². The number of carbonyl (C=O) groups is 2. The normalized spacial score (nSPS) is 22.5. The monoisotopic (exact) mass is 492 g/mol. The fraction of sp³-hybridized carbons (Fsp3) is 0.391. The highest BCUT2D eigenvalue weighted by molar-refractivity contribution is 7.92. The second-order valence-electron chi connectivity index (χ2n) is 8.22. The molecule has 0 saturated carbocycles. The van der Waals surface area contributed by atoms with Crippen LogP contribution in [-0.4, -0.2) is 64.2 Å². The number of hydrogen-bond donors (Lipinski definition) is 1. The Hall–Kier alpha value is -3.18. The Balaban J connectivity index is 1.55. The van der Waals surface area contributed by atoms with Gasteiger partial charge in [-0.1, -0.05) is 6.07 Å². The second-order valence-corrected chi connectivity index (χ2v) is 9.90. The molecule has 0 aliphatic carbocycles. The molecule has 1 amide bonds. The van der Waals surface area contributed by atoms with Crippen molar-refractivity contribution in [2.75, 3.05) is 25.5 Å². The van der Waals surface area contributed by atoms with E-state index in [1.165, 1.54) is 37.4 Å². The third kappa shape index (κ3) is 5.00. The summed E-state index contributed by atoms with van der Waals surface area (Å²) in [6, 6.07) is 8.72. The summed E-state index contributed by atoms with van der Waals surface area (Å²) in [6.07, 6.45) is 0.562. The van der Waals surface area contributed by atoms with Crippen LogP contribution in [0.1, 0.15) is 29.6 Å². The summed E-state index contributed by atoms with van der Waals surface area (Å²) in [5.41, 5.74) is 0.334. The molecule has 4 rings (SSSR count). The van der Waals surface area contributed by atoms with E-state index >= 15 is 0 Å². The number of likely N-dealkylation sites (N-methyl/N-ethyl adjacent to an activating group) is 1. The number of fused-ring (bicyclic) bond motifs is 2. The van der Waals surface area contributed by atoms with E-state index in [1.54, 1.807) is 11.9 Å². The van der Waals surface area contributed by atoms with Gasteiger partial charge in [-0.2, -0.15) is 0 Å². The molecular weight excluding hydrogens is 467 g/mol. The fourth-order valence-electron chi connectivity index (χ4n) is 4.21. The first-order valence-corrected chi connectivity index (χ1v) is 12.2. The summed E-state index contributed by atoms with van der Waals surface area (Å²) in [4.78, 5) is 26.2. The molecule has 1 fully saturated rings. The van der Waals surface area contributed by atoms with Crippen molar-refractivity contribution in [2.45, 2.75) is 42.4 Å². The molecule has 2 aliphatic heterocycles. The number of halogens is 1. The van der Waals surface area contributed by atoms with Gasteiger partial charge < -0.3 is 19.1 Å². The van der Waals surface area contributed by atoms with Crippen molar-refractivity contribution in [1.29, 1.82) is 0 Å². The molecule has 0 spiro atoms. The maximum Gasteiger partial charge on any atom is 0.308 e. The Morgan fingerprint density at radius 2 is 2.03 bits per heavy atom. The Kier molecular flexibility index (Phi) is 6.76. The molecule has 2 aliphatic rings. The minimum atomic E-state index is -4.06. The number of amides is 1. The average Bonchev–Trinajstić information content (AvgIpc) is 2.81. The number of nitrogens with one attached hydrogen (secondary N) is 1. The predicted molar refractivity (Wildman–Crippen MR) is 120 cm³/mol. The molecule has 1 saturated heterocycles. The largest absolute Gasteiger partial charge is 0.490 e. The summed E-state index contributed by atoms with van der Waals surface area (Å²) >= 11 is 0. The fourth-order valence-corrected chi connectivity index (χ4v) is 5.29. The van der Waals surface area contributed by atoms with Crippen molar-refractivity contribution >= 4 is 27.6 Å². The van der Waals surface area contributed by atoms with E-state index in [0.717, 1.165) is 12.1 Å². The number of benzene rings is 2. The number of hydrogen-bond acceptors (Lipinski definition) is 7. The second kappa shape index (κ2) is 9.59. The van der Waals surface area contributed by atoms with Gasteiger partial charge in [0.05, 0.1) is 36.1 Å². The number of methoxy groups -OCH3 is 1. The average molecular weight is 493 g/mol. The molecule has 0 bridgehead atoms. The van der Waals surface area contributed by atoms with Gasteiger partial charge in [-0.3, -0.25) is 14.3 Å². The number of esters is 1. The highest BCUT2D eigenvalue weighted by Gasteiger charge is 2.39. The Labute approximate surface area is 196 Å². The number of rotatable bonds is 5. The van der Waals surface area contributed by atoms with Crippen LogP contribution in [0, 0.1) is 5.82 Å². The van der Waals surface area contributed by atoms with Crippen LogP contribution in [0.4, 0.5) is 10.1 Å². The highest BCUT2D eigenvalue weighted by Crippen LogP contribution is 2.33. The first-order valence-electron chi connectivity index (χ1n) is 10.7. The van der Waals surface area contributed by atoms with Crippen LogP contribution in [0.15, 0.2) is 47.4 Å². The van der Waals surface area contributed by atoms with Crippen LogP contribution in [-0.2, 0) is 24.3 Å². The minimum Gasteiger partial charge on any atom is -0.490 e. The molecular formula is C23H25FN2O7S. The van der Waals surface area contributed by atoms with Gasteiger partial charge in [0.1, 0.15) is 24.3 Å². The molecule has 1 N–H and O–H groups in total. The molecule has 0 unspecified atom stereocenters. The van der Waals surface area contributed by atoms with Crippen molar-refractivity contribution in [3.63, 3.8) is 0 Å². The van der Waals surface area contributed by atoms with E-state index in [-0.39, 0.29) is 58.9 Å². The highest BCUT2D eigenvalue weighted by atomic mass is 32.2. The van der Waals surface area contributed by atoms with Gasteiger partial charge in [0.25, 0.3) is 15.9 Å². The third-order valence-corrected chi connectivity index (χ3v) is 7.37. The van der Waals surface area contributed by atoms with Crippen LogP contribution >= 0.6 is 0 Å². The lowest BCUT2D eigenvalue weighted by atomic mass is 9.94. The number of nitrogens with zero attached hydrogens (tertiary/aromatic N) is 1. The molecule has 3 atom stereocenters. The van der Waals surface area contributed by atoms with Crippen LogP contribution < -0.4 is 9.46 Å². The quantitative estimate of drug-likeness (QED) is 0.639. The number of ether oxygens (including phenoxy) is 3. The number of anilines is 1. The Morgan fingerprint density at radius 3 is 2.76 bits per heavy atom. The standard InChI is InChI=1S/C23H25FN2O7S/c1-26-19-8-7-16(12-22(27)31-2)33-21(19)13-32-20-9-6-15(11-18(20)23(26)28)25-34(29,30)17-5-3-4-14(24)10-17/h3-6,9-11,16,19,21,25H,7-8,12-13H2,1-2H3/t16-,19-,21-/m1/s1. The Morgan fingerprint density at radius 1 is 1.24 bits per heavy atom. The van der Waals surface area contributed by atoms with Crippen molar-refractivity contribution in [2.24, 2.45) is 0 Å². The molecule has 34 heavy (non-hydrogen) atoms. The van der Waals surface area contributed by atoms with Gasteiger partial charge in [0.15, 0.2) is 0 Å². The van der Waals surface area contributed by atoms with E-state index in [1.807, 2.05) is 0 Å². The Bertz CT molecular complexity index is 1200. The lowest BCUT2D eigenvalue weighted by Gasteiger charge is -2.42. The maximum absolute atomic E-state index is 13.5. The van der Waals surface area contributed by atoms with Gasteiger partial charge >= 0.3 is 5.97 Å². The summed E-state index contributed by atoms with van der Waals surface area (Å²) < 4.78 is 57.8. The zero-order chi connectivity index (χ0) is 24.5. The molecule has 0 radical (unpaired) electrons. The zero-order valence-corrected chi connectivity index (χ0v) is 19.5. The van der Waals surface area contributed by atoms with Crippen LogP contribution in [0.2, 0.25) is 0 Å². The first kappa shape index (κ1) is 24.0.